The van der Waals surface area contributed by atoms with E-state index in [1.54, 1.807) is 11.3 Å². The van der Waals surface area contributed by atoms with Gasteiger partial charge in [-0.1, -0.05) is 19.9 Å². The summed E-state index contributed by atoms with van der Waals surface area (Å²) in [6.07, 6.45) is 0. The Balaban J connectivity index is 1.88. The molecule has 108 valence electrons. The third-order valence-corrected chi connectivity index (χ3v) is 4.20. The van der Waals surface area contributed by atoms with E-state index in [0.717, 1.165) is 23.3 Å². The molecule has 20 heavy (non-hydrogen) atoms. The predicted molar refractivity (Wildman–Crippen MR) is 89.3 cm³/mol. The number of thiophene rings is 1. The monoisotopic (exact) mass is 353 g/mol. The number of hydrogen-bond donors (Lipinski definition) is 1. The van der Waals surface area contributed by atoms with Crippen LogP contribution in [0.2, 0.25) is 0 Å². The summed E-state index contributed by atoms with van der Waals surface area (Å²) in [5.41, 5.74) is 2.48. The van der Waals surface area contributed by atoms with Crippen LogP contribution in [0.4, 0.5) is 0 Å². The van der Waals surface area contributed by atoms with Crippen molar-refractivity contribution in [2.75, 3.05) is 6.54 Å². The van der Waals surface area contributed by atoms with Gasteiger partial charge in [0.2, 0.25) is 0 Å². The highest BCUT2D eigenvalue weighted by atomic mass is 79.9. The minimum Gasteiger partial charge on any atom is -0.488 e. The van der Waals surface area contributed by atoms with Crippen LogP contribution < -0.4 is 10.1 Å². The number of hydrogen-bond acceptors (Lipinski definition) is 3. The molecule has 1 aromatic carbocycles. The van der Waals surface area contributed by atoms with Crippen LogP contribution in [-0.2, 0) is 13.2 Å². The second kappa shape index (κ2) is 7.81. The molecule has 2 aromatic rings. The van der Waals surface area contributed by atoms with Crippen LogP contribution in [0.5, 0.6) is 5.75 Å². The van der Waals surface area contributed by atoms with E-state index < -0.39 is 0 Å². The molecule has 0 aliphatic heterocycles. The summed E-state index contributed by atoms with van der Waals surface area (Å²) >= 11 is 5.27. The highest BCUT2D eigenvalue weighted by molar-refractivity contribution is 9.10. The molecule has 0 saturated heterocycles. The molecule has 1 heterocycles. The van der Waals surface area contributed by atoms with E-state index in [0.29, 0.717) is 12.5 Å². The van der Waals surface area contributed by atoms with Gasteiger partial charge in [-0.25, -0.2) is 0 Å². The third kappa shape index (κ3) is 4.93. The topological polar surface area (TPSA) is 21.3 Å². The number of ether oxygens (including phenoxy) is 1. The lowest BCUT2D eigenvalue weighted by molar-refractivity contribution is 0.304. The van der Waals surface area contributed by atoms with E-state index in [1.807, 2.05) is 6.07 Å². The van der Waals surface area contributed by atoms with Gasteiger partial charge in [-0.15, -0.1) is 0 Å². The number of nitrogens with one attached hydrogen (secondary N) is 1. The van der Waals surface area contributed by atoms with Gasteiger partial charge in [0.1, 0.15) is 12.4 Å². The van der Waals surface area contributed by atoms with E-state index in [4.69, 9.17) is 4.74 Å². The Bertz CT molecular complexity index is 525. The Hall–Kier alpha value is -0.840. The molecule has 2 rings (SSSR count). The number of benzene rings is 1. The van der Waals surface area contributed by atoms with Gasteiger partial charge in [-0.3, -0.25) is 0 Å². The summed E-state index contributed by atoms with van der Waals surface area (Å²) in [6, 6.07) is 8.35. The van der Waals surface area contributed by atoms with Crippen LogP contribution in [0.1, 0.15) is 25.0 Å². The van der Waals surface area contributed by atoms with Crippen molar-refractivity contribution in [1.82, 2.24) is 5.32 Å². The summed E-state index contributed by atoms with van der Waals surface area (Å²) in [5.74, 6) is 1.57. The quantitative estimate of drug-likeness (QED) is 0.769. The maximum Gasteiger partial charge on any atom is 0.134 e. The van der Waals surface area contributed by atoms with Crippen molar-refractivity contribution in [1.29, 1.82) is 0 Å². The van der Waals surface area contributed by atoms with Crippen molar-refractivity contribution in [3.63, 3.8) is 0 Å². The van der Waals surface area contributed by atoms with Gasteiger partial charge in [0.15, 0.2) is 0 Å². The highest BCUT2D eigenvalue weighted by Gasteiger charge is 2.04. The van der Waals surface area contributed by atoms with Gasteiger partial charge in [0.25, 0.3) is 0 Å². The van der Waals surface area contributed by atoms with E-state index in [2.05, 4.69) is 64.1 Å². The smallest absolute Gasteiger partial charge is 0.134 e. The Morgan fingerprint density at radius 1 is 1.25 bits per heavy atom. The van der Waals surface area contributed by atoms with Crippen LogP contribution in [0, 0.1) is 5.92 Å². The Morgan fingerprint density at radius 3 is 2.75 bits per heavy atom. The zero-order chi connectivity index (χ0) is 14.4. The zero-order valence-corrected chi connectivity index (χ0v) is 14.3. The van der Waals surface area contributed by atoms with Gasteiger partial charge >= 0.3 is 0 Å². The average molecular weight is 354 g/mol. The van der Waals surface area contributed by atoms with E-state index in [9.17, 15) is 0 Å². The SMILES string of the molecule is CC(C)CNCc1ccc(OCc2ccsc2)c(Br)c1. The van der Waals surface area contributed by atoms with Crippen LogP contribution >= 0.6 is 27.3 Å². The molecule has 1 aromatic heterocycles. The zero-order valence-electron chi connectivity index (χ0n) is 11.9. The molecule has 0 spiro atoms. The molecule has 0 atom stereocenters. The Morgan fingerprint density at radius 2 is 2.10 bits per heavy atom. The van der Waals surface area contributed by atoms with Gasteiger partial charge in [0.05, 0.1) is 4.47 Å². The first-order valence-electron chi connectivity index (χ1n) is 6.78. The van der Waals surface area contributed by atoms with Crippen molar-refractivity contribution in [3.05, 3.63) is 50.6 Å². The number of rotatable bonds is 7. The third-order valence-electron chi connectivity index (χ3n) is 2.85. The van der Waals surface area contributed by atoms with Crippen LogP contribution in [-0.4, -0.2) is 6.54 Å². The fraction of sp³-hybridized carbons (Fsp3) is 0.375. The molecule has 4 heteroatoms. The molecule has 0 aliphatic carbocycles. The average Bonchev–Trinajstić information content (AvgIpc) is 2.90. The number of halogens is 1. The molecular weight excluding hydrogens is 334 g/mol. The summed E-state index contributed by atoms with van der Waals surface area (Å²) in [4.78, 5) is 0. The fourth-order valence-electron chi connectivity index (χ4n) is 1.81. The molecule has 0 radical (unpaired) electrons. The molecular formula is C16H20BrNOS. The lowest BCUT2D eigenvalue weighted by Crippen LogP contribution is -2.18. The second-order valence-corrected chi connectivity index (χ2v) is 6.84. The molecule has 0 bridgehead atoms. The summed E-state index contributed by atoms with van der Waals surface area (Å²) < 4.78 is 6.83. The van der Waals surface area contributed by atoms with E-state index in [1.165, 1.54) is 11.1 Å². The standard InChI is InChI=1S/C16H20BrNOS/c1-12(2)8-18-9-13-3-4-16(15(17)7-13)19-10-14-5-6-20-11-14/h3-7,11-12,18H,8-10H2,1-2H3. The van der Waals surface area contributed by atoms with Gasteiger partial charge in [-0.05, 0) is 68.5 Å². The van der Waals surface area contributed by atoms with Crippen LogP contribution in [0.3, 0.4) is 0 Å². The van der Waals surface area contributed by atoms with Crippen LogP contribution in [0.25, 0.3) is 0 Å². The van der Waals surface area contributed by atoms with Gasteiger partial charge in [0, 0.05) is 6.54 Å². The first-order chi connectivity index (χ1) is 9.65. The largest absolute Gasteiger partial charge is 0.488 e. The van der Waals surface area contributed by atoms with Crippen molar-refractivity contribution in [2.24, 2.45) is 5.92 Å². The Labute approximate surface area is 133 Å². The maximum atomic E-state index is 5.82. The van der Waals surface area contributed by atoms with Crippen molar-refractivity contribution in [3.8, 4) is 5.75 Å². The van der Waals surface area contributed by atoms with Crippen LogP contribution in [0.15, 0.2) is 39.5 Å². The minimum atomic E-state index is 0.618. The molecule has 0 saturated carbocycles. The molecule has 2 nitrogen and oxygen atoms in total. The molecule has 0 fully saturated rings. The van der Waals surface area contributed by atoms with Crippen molar-refractivity contribution >= 4 is 27.3 Å². The van der Waals surface area contributed by atoms with E-state index in [-0.39, 0.29) is 0 Å². The van der Waals surface area contributed by atoms with Crippen molar-refractivity contribution < 1.29 is 4.74 Å². The Kier molecular flexibility index (Phi) is 6.07. The highest BCUT2D eigenvalue weighted by Crippen LogP contribution is 2.27. The summed E-state index contributed by atoms with van der Waals surface area (Å²) in [7, 11) is 0. The lowest BCUT2D eigenvalue weighted by atomic mass is 10.2. The van der Waals surface area contributed by atoms with Gasteiger partial charge < -0.3 is 10.1 Å². The lowest BCUT2D eigenvalue weighted by Gasteiger charge is -2.11. The molecule has 0 amide bonds. The molecule has 0 aliphatic rings. The maximum absolute atomic E-state index is 5.82. The second-order valence-electron chi connectivity index (χ2n) is 5.21. The first kappa shape index (κ1) is 15.5. The summed E-state index contributed by atoms with van der Waals surface area (Å²) in [6.45, 7) is 6.97. The van der Waals surface area contributed by atoms with Crippen molar-refractivity contribution in [2.45, 2.75) is 27.0 Å². The molecule has 1 N–H and O–H groups in total. The fourth-order valence-corrected chi connectivity index (χ4v) is 3.01. The summed E-state index contributed by atoms with van der Waals surface area (Å²) in [5, 5.41) is 7.62. The van der Waals surface area contributed by atoms with E-state index >= 15 is 0 Å². The molecule has 0 unspecified atom stereocenters. The minimum absolute atomic E-state index is 0.618. The normalized spacial score (nSPS) is 11.0. The van der Waals surface area contributed by atoms with Gasteiger partial charge in [-0.2, -0.15) is 11.3 Å². The predicted octanol–water partition coefficient (Wildman–Crippen LogP) is 4.84. The first-order valence-corrected chi connectivity index (χ1v) is 8.51.